The molecule has 20 heavy (non-hydrogen) atoms. The Balaban J connectivity index is 1.57. The van der Waals surface area contributed by atoms with Crippen LogP contribution in [0.2, 0.25) is 0 Å². The maximum atomic E-state index is 10.9. The highest BCUT2D eigenvalue weighted by Gasteiger charge is 2.45. The molecule has 0 saturated heterocycles. The van der Waals surface area contributed by atoms with E-state index in [0.29, 0.717) is 5.92 Å². The molecule has 3 unspecified atom stereocenters. The maximum absolute atomic E-state index is 10.9. The van der Waals surface area contributed by atoms with Crippen molar-refractivity contribution in [2.75, 3.05) is 0 Å². The average Bonchev–Trinajstić information content (AvgIpc) is 2.77. The Morgan fingerprint density at radius 2 is 1.65 bits per heavy atom. The Morgan fingerprint density at radius 1 is 0.950 bits per heavy atom. The van der Waals surface area contributed by atoms with Crippen molar-refractivity contribution in [3.8, 4) is 0 Å². The molecule has 0 aromatic carbocycles. The third-order valence-corrected chi connectivity index (χ3v) is 6.95. The van der Waals surface area contributed by atoms with Crippen LogP contribution in [0.25, 0.3) is 0 Å². The number of hydrogen-bond acceptors (Lipinski definition) is 1. The molecule has 3 fully saturated rings. The monoisotopic (exact) mass is 278 g/mol. The summed E-state index contributed by atoms with van der Waals surface area (Å²) in [6.45, 7) is 4.80. The molecule has 1 N–H and O–H groups in total. The molecule has 3 rings (SSSR count). The molecule has 3 saturated carbocycles. The molecule has 0 aromatic rings. The molecular weight excluding hydrogens is 244 g/mol. The summed E-state index contributed by atoms with van der Waals surface area (Å²) in [5, 5.41) is 10.9. The second-order valence-corrected chi connectivity index (χ2v) is 8.43. The van der Waals surface area contributed by atoms with Crippen LogP contribution in [0.4, 0.5) is 0 Å². The molecule has 0 spiro atoms. The van der Waals surface area contributed by atoms with Crippen LogP contribution in [0.15, 0.2) is 0 Å². The second kappa shape index (κ2) is 6.38. The van der Waals surface area contributed by atoms with E-state index < -0.39 is 0 Å². The van der Waals surface area contributed by atoms with Crippen molar-refractivity contribution in [2.24, 2.45) is 35.5 Å². The molecule has 3 aliphatic carbocycles. The van der Waals surface area contributed by atoms with Gasteiger partial charge in [0.1, 0.15) is 0 Å². The molecular formula is C19H34O. The normalized spacial score (nSPS) is 47.0. The van der Waals surface area contributed by atoms with E-state index in [-0.39, 0.29) is 6.10 Å². The standard InChI is InChI=1S/C19H34O/c1-13-7-9-15(10-8-13)12-18(20)19-14(2)11-16-5-3-4-6-17(16)19/h13-20H,3-12H2,1-2H3/t13?,14-,15?,16+,17?,18?,19?/m0/s1. The number of aliphatic hydroxyl groups excluding tert-OH is 1. The molecule has 0 heterocycles. The first kappa shape index (κ1) is 14.9. The van der Waals surface area contributed by atoms with E-state index >= 15 is 0 Å². The summed E-state index contributed by atoms with van der Waals surface area (Å²) in [5.74, 6) is 4.94. The molecule has 0 aliphatic heterocycles. The van der Waals surface area contributed by atoms with Crippen molar-refractivity contribution in [2.45, 2.75) is 84.2 Å². The minimum absolute atomic E-state index is 0.00324. The van der Waals surface area contributed by atoms with Crippen LogP contribution in [-0.4, -0.2) is 11.2 Å². The van der Waals surface area contributed by atoms with E-state index in [1.54, 1.807) is 0 Å². The van der Waals surface area contributed by atoms with E-state index in [2.05, 4.69) is 13.8 Å². The van der Waals surface area contributed by atoms with Crippen LogP contribution in [0, 0.1) is 35.5 Å². The molecule has 0 radical (unpaired) electrons. The van der Waals surface area contributed by atoms with E-state index in [9.17, 15) is 5.11 Å². The van der Waals surface area contributed by atoms with Gasteiger partial charge in [0.15, 0.2) is 0 Å². The summed E-state index contributed by atoms with van der Waals surface area (Å²) in [7, 11) is 0. The molecule has 0 amide bonds. The lowest BCUT2D eigenvalue weighted by Crippen LogP contribution is -2.33. The van der Waals surface area contributed by atoms with Crippen molar-refractivity contribution >= 4 is 0 Å². The Bertz CT molecular complexity index is 305. The first-order chi connectivity index (χ1) is 9.65. The third-order valence-electron chi connectivity index (χ3n) is 6.95. The van der Waals surface area contributed by atoms with Gasteiger partial charge < -0.3 is 5.11 Å². The molecule has 1 nitrogen and oxygen atoms in total. The Labute approximate surface area is 125 Å². The van der Waals surface area contributed by atoms with Gasteiger partial charge in [0, 0.05) is 0 Å². The zero-order chi connectivity index (χ0) is 14.1. The minimum atomic E-state index is -0.00324. The molecule has 5 atom stereocenters. The van der Waals surface area contributed by atoms with E-state index in [1.165, 1.54) is 57.8 Å². The van der Waals surface area contributed by atoms with Crippen molar-refractivity contribution in [3.05, 3.63) is 0 Å². The maximum Gasteiger partial charge on any atom is 0.0576 e. The first-order valence-corrected chi connectivity index (χ1v) is 9.33. The highest BCUT2D eigenvalue weighted by atomic mass is 16.3. The fourth-order valence-corrected chi connectivity index (χ4v) is 5.82. The van der Waals surface area contributed by atoms with Gasteiger partial charge >= 0.3 is 0 Å². The summed E-state index contributed by atoms with van der Waals surface area (Å²) < 4.78 is 0. The van der Waals surface area contributed by atoms with Crippen LogP contribution in [0.3, 0.4) is 0 Å². The zero-order valence-corrected chi connectivity index (χ0v) is 13.6. The fraction of sp³-hybridized carbons (Fsp3) is 1.00. The summed E-state index contributed by atoms with van der Waals surface area (Å²) >= 11 is 0. The van der Waals surface area contributed by atoms with Crippen molar-refractivity contribution < 1.29 is 5.11 Å². The van der Waals surface area contributed by atoms with Crippen molar-refractivity contribution in [3.63, 3.8) is 0 Å². The molecule has 1 heteroatoms. The van der Waals surface area contributed by atoms with Gasteiger partial charge in [-0.05, 0) is 54.8 Å². The fourth-order valence-electron chi connectivity index (χ4n) is 5.82. The van der Waals surface area contributed by atoms with Crippen molar-refractivity contribution in [1.82, 2.24) is 0 Å². The summed E-state index contributed by atoms with van der Waals surface area (Å²) in [6.07, 6.45) is 13.7. The molecule has 116 valence electrons. The van der Waals surface area contributed by atoms with Gasteiger partial charge in [-0.25, -0.2) is 0 Å². The smallest absolute Gasteiger partial charge is 0.0576 e. The van der Waals surface area contributed by atoms with Crippen LogP contribution in [0.1, 0.15) is 78.1 Å². The van der Waals surface area contributed by atoms with Crippen LogP contribution >= 0.6 is 0 Å². The lowest BCUT2D eigenvalue weighted by atomic mass is 9.72. The topological polar surface area (TPSA) is 20.2 Å². The summed E-state index contributed by atoms with van der Waals surface area (Å²) in [6, 6.07) is 0. The summed E-state index contributed by atoms with van der Waals surface area (Å²) in [4.78, 5) is 0. The predicted molar refractivity (Wildman–Crippen MR) is 84.5 cm³/mol. The Kier molecular flexibility index (Phi) is 4.75. The van der Waals surface area contributed by atoms with Crippen molar-refractivity contribution in [1.29, 1.82) is 0 Å². The van der Waals surface area contributed by atoms with Gasteiger partial charge in [0.05, 0.1) is 6.10 Å². The summed E-state index contributed by atoms with van der Waals surface area (Å²) in [5.41, 5.74) is 0. The Hall–Kier alpha value is -0.0400. The number of rotatable bonds is 3. The van der Waals surface area contributed by atoms with Crippen LogP contribution < -0.4 is 0 Å². The van der Waals surface area contributed by atoms with Gasteiger partial charge in [-0.15, -0.1) is 0 Å². The number of hydrogen-bond donors (Lipinski definition) is 1. The first-order valence-electron chi connectivity index (χ1n) is 9.33. The van der Waals surface area contributed by atoms with E-state index in [4.69, 9.17) is 0 Å². The minimum Gasteiger partial charge on any atom is -0.393 e. The lowest BCUT2D eigenvalue weighted by molar-refractivity contribution is 0.0257. The van der Waals surface area contributed by atoms with E-state index in [1.807, 2.05) is 0 Å². The quantitative estimate of drug-likeness (QED) is 0.768. The molecule has 0 aromatic heterocycles. The highest BCUT2D eigenvalue weighted by molar-refractivity contribution is 4.94. The van der Waals surface area contributed by atoms with Gasteiger partial charge in [0.2, 0.25) is 0 Å². The number of aliphatic hydroxyl groups is 1. The van der Waals surface area contributed by atoms with Gasteiger partial charge in [-0.3, -0.25) is 0 Å². The van der Waals surface area contributed by atoms with Crippen LogP contribution in [0.5, 0.6) is 0 Å². The third kappa shape index (κ3) is 3.08. The lowest BCUT2D eigenvalue weighted by Gasteiger charge is -2.35. The van der Waals surface area contributed by atoms with Gasteiger partial charge in [-0.1, -0.05) is 58.8 Å². The Morgan fingerprint density at radius 3 is 2.40 bits per heavy atom. The van der Waals surface area contributed by atoms with E-state index in [0.717, 1.165) is 36.0 Å². The zero-order valence-electron chi connectivity index (χ0n) is 13.6. The molecule has 0 bridgehead atoms. The molecule has 3 aliphatic rings. The SMILES string of the molecule is CC1CCC(CC(O)C2C3CCCC[C@@H]3C[C@@H]2C)CC1. The largest absolute Gasteiger partial charge is 0.393 e. The van der Waals surface area contributed by atoms with Crippen LogP contribution in [-0.2, 0) is 0 Å². The number of fused-ring (bicyclic) bond motifs is 1. The average molecular weight is 278 g/mol. The highest BCUT2D eigenvalue weighted by Crippen LogP contribution is 2.51. The van der Waals surface area contributed by atoms with Gasteiger partial charge in [-0.2, -0.15) is 0 Å². The second-order valence-electron chi connectivity index (χ2n) is 8.43. The predicted octanol–water partition coefficient (Wildman–Crippen LogP) is 5.03. The van der Waals surface area contributed by atoms with Gasteiger partial charge in [0.25, 0.3) is 0 Å².